The fourth-order valence-corrected chi connectivity index (χ4v) is 2.18. The van der Waals surface area contributed by atoms with E-state index in [4.69, 9.17) is 4.42 Å². The highest BCUT2D eigenvalue weighted by molar-refractivity contribution is 5.99. The van der Waals surface area contributed by atoms with Crippen LogP contribution in [0, 0.1) is 12.7 Å². The summed E-state index contributed by atoms with van der Waals surface area (Å²) in [6.45, 7) is 1.81. The Hall–Kier alpha value is -2.95. The quantitative estimate of drug-likeness (QED) is 0.592. The first-order valence-electron chi connectivity index (χ1n) is 6.73. The molecule has 0 aliphatic carbocycles. The fourth-order valence-electron chi connectivity index (χ4n) is 2.18. The van der Waals surface area contributed by atoms with Crippen LogP contribution in [-0.4, -0.2) is 12.1 Å². The number of hydrogen-bond donors (Lipinski definition) is 1. The molecule has 0 saturated heterocycles. The van der Waals surface area contributed by atoms with Gasteiger partial charge in [0.1, 0.15) is 11.4 Å². The summed E-state index contributed by atoms with van der Waals surface area (Å²) in [7, 11) is 0. The molecule has 4 nitrogen and oxygen atoms in total. The summed E-state index contributed by atoms with van der Waals surface area (Å²) in [5, 5.41) is 4.65. The lowest BCUT2D eigenvalue weighted by Crippen LogP contribution is -2.17. The van der Waals surface area contributed by atoms with Crippen LogP contribution in [0.4, 0.5) is 4.39 Å². The van der Waals surface area contributed by atoms with E-state index in [1.54, 1.807) is 31.2 Å². The Morgan fingerprint density at radius 1 is 1.18 bits per heavy atom. The van der Waals surface area contributed by atoms with E-state index in [-0.39, 0.29) is 5.76 Å². The molecule has 1 N–H and O–H groups in total. The molecule has 0 saturated carbocycles. The molecule has 0 bridgehead atoms. The van der Waals surface area contributed by atoms with Crippen LogP contribution in [0.25, 0.3) is 11.0 Å². The number of carbonyl (C=O) groups is 1. The van der Waals surface area contributed by atoms with E-state index in [2.05, 4.69) is 10.5 Å². The van der Waals surface area contributed by atoms with Crippen LogP contribution in [0.1, 0.15) is 21.7 Å². The zero-order valence-corrected chi connectivity index (χ0v) is 11.8. The van der Waals surface area contributed by atoms with Gasteiger partial charge in [-0.05, 0) is 19.1 Å². The zero-order valence-electron chi connectivity index (χ0n) is 11.8. The SMILES string of the molecule is Cc1c(C(=O)N/N=C\c2ccccc2F)oc2ccccc12. The van der Waals surface area contributed by atoms with Crippen molar-refractivity contribution in [3.8, 4) is 0 Å². The molecule has 1 amide bonds. The second-order valence-corrected chi connectivity index (χ2v) is 4.77. The Morgan fingerprint density at radius 2 is 1.91 bits per heavy atom. The van der Waals surface area contributed by atoms with Crippen LogP contribution >= 0.6 is 0 Å². The van der Waals surface area contributed by atoms with E-state index in [1.807, 2.05) is 18.2 Å². The summed E-state index contributed by atoms with van der Waals surface area (Å²) in [4.78, 5) is 12.1. The first kappa shape index (κ1) is 14.0. The van der Waals surface area contributed by atoms with Gasteiger partial charge in [0.15, 0.2) is 5.76 Å². The molecule has 3 aromatic rings. The van der Waals surface area contributed by atoms with Crippen LogP contribution < -0.4 is 5.43 Å². The molecule has 0 aliphatic heterocycles. The predicted octanol–water partition coefficient (Wildman–Crippen LogP) is 3.64. The number of hydrogen-bond acceptors (Lipinski definition) is 3. The standard InChI is InChI=1S/C17H13FN2O2/c1-11-13-7-3-5-9-15(13)22-16(11)17(21)20-19-10-12-6-2-4-8-14(12)18/h2-10H,1H3,(H,20,21)/b19-10-. The number of aryl methyl sites for hydroxylation is 1. The van der Waals surface area contributed by atoms with Gasteiger partial charge in [0.25, 0.3) is 0 Å². The van der Waals surface area contributed by atoms with E-state index in [1.165, 1.54) is 12.3 Å². The highest BCUT2D eigenvalue weighted by Gasteiger charge is 2.16. The lowest BCUT2D eigenvalue weighted by atomic mass is 10.1. The molecule has 0 atom stereocenters. The van der Waals surface area contributed by atoms with Crippen LogP contribution in [0.2, 0.25) is 0 Å². The van der Waals surface area contributed by atoms with Gasteiger partial charge in [-0.1, -0.05) is 36.4 Å². The summed E-state index contributed by atoms with van der Waals surface area (Å²) in [5.74, 6) is -0.673. The summed E-state index contributed by atoms with van der Waals surface area (Å²) in [5.41, 5.74) is 4.03. The summed E-state index contributed by atoms with van der Waals surface area (Å²) < 4.78 is 18.9. The Morgan fingerprint density at radius 3 is 2.68 bits per heavy atom. The normalized spacial score (nSPS) is 11.2. The number of hydrazone groups is 1. The maximum Gasteiger partial charge on any atom is 0.307 e. The number of amides is 1. The minimum absolute atomic E-state index is 0.201. The minimum Gasteiger partial charge on any atom is -0.451 e. The molecule has 5 heteroatoms. The maximum absolute atomic E-state index is 13.4. The molecule has 0 fully saturated rings. The monoisotopic (exact) mass is 296 g/mol. The van der Waals surface area contributed by atoms with Crippen molar-refractivity contribution in [2.75, 3.05) is 0 Å². The average Bonchev–Trinajstić information content (AvgIpc) is 2.87. The molecule has 1 heterocycles. The first-order valence-corrected chi connectivity index (χ1v) is 6.73. The summed E-state index contributed by atoms with van der Waals surface area (Å²) in [6, 6.07) is 13.6. The largest absolute Gasteiger partial charge is 0.451 e. The van der Waals surface area contributed by atoms with Crippen molar-refractivity contribution in [1.82, 2.24) is 5.43 Å². The number of halogens is 1. The molecule has 0 spiro atoms. The van der Waals surface area contributed by atoms with E-state index < -0.39 is 11.7 Å². The number of benzene rings is 2. The number of fused-ring (bicyclic) bond motifs is 1. The topological polar surface area (TPSA) is 54.6 Å². The highest BCUT2D eigenvalue weighted by atomic mass is 19.1. The summed E-state index contributed by atoms with van der Waals surface area (Å²) in [6.07, 6.45) is 1.26. The van der Waals surface area contributed by atoms with E-state index in [9.17, 15) is 9.18 Å². The predicted molar refractivity (Wildman–Crippen MR) is 82.4 cm³/mol. The zero-order chi connectivity index (χ0) is 15.5. The van der Waals surface area contributed by atoms with Gasteiger partial charge in [-0.3, -0.25) is 4.79 Å². The van der Waals surface area contributed by atoms with Gasteiger partial charge in [0.05, 0.1) is 6.21 Å². The lowest BCUT2D eigenvalue weighted by molar-refractivity contribution is 0.0929. The van der Waals surface area contributed by atoms with Gasteiger partial charge in [0, 0.05) is 16.5 Å². The maximum atomic E-state index is 13.4. The molecule has 3 rings (SSSR count). The third-order valence-corrected chi connectivity index (χ3v) is 3.32. The number of nitrogens with zero attached hydrogens (tertiary/aromatic N) is 1. The molecular formula is C17H13FN2O2. The lowest BCUT2D eigenvalue weighted by Gasteiger charge is -1.98. The van der Waals surface area contributed by atoms with E-state index >= 15 is 0 Å². The van der Waals surface area contributed by atoms with Gasteiger partial charge >= 0.3 is 5.91 Å². The number of furan rings is 1. The van der Waals surface area contributed by atoms with Gasteiger partial charge in [-0.25, -0.2) is 9.82 Å². The van der Waals surface area contributed by atoms with Gasteiger partial charge < -0.3 is 4.42 Å². The third-order valence-electron chi connectivity index (χ3n) is 3.32. The van der Waals surface area contributed by atoms with Crippen molar-refractivity contribution >= 4 is 23.1 Å². The Bertz CT molecular complexity index is 868. The van der Waals surface area contributed by atoms with Crippen LogP contribution in [0.15, 0.2) is 58.0 Å². The van der Waals surface area contributed by atoms with Crippen molar-refractivity contribution in [2.24, 2.45) is 5.10 Å². The van der Waals surface area contributed by atoms with E-state index in [0.717, 1.165) is 10.9 Å². The molecular weight excluding hydrogens is 283 g/mol. The van der Waals surface area contributed by atoms with Gasteiger partial charge in [-0.15, -0.1) is 0 Å². The Balaban J connectivity index is 1.79. The van der Waals surface area contributed by atoms with Crippen LogP contribution in [-0.2, 0) is 0 Å². The molecule has 0 unspecified atom stereocenters. The number of nitrogens with one attached hydrogen (secondary N) is 1. The minimum atomic E-state index is -0.471. The van der Waals surface area contributed by atoms with Crippen molar-refractivity contribution in [2.45, 2.75) is 6.92 Å². The third kappa shape index (κ3) is 2.61. The van der Waals surface area contributed by atoms with Crippen molar-refractivity contribution in [3.63, 3.8) is 0 Å². The second kappa shape index (κ2) is 5.81. The molecule has 110 valence electrons. The molecule has 2 aromatic carbocycles. The van der Waals surface area contributed by atoms with Crippen molar-refractivity contribution < 1.29 is 13.6 Å². The molecule has 0 aliphatic rings. The first-order chi connectivity index (χ1) is 10.7. The number of carbonyl (C=O) groups excluding carboxylic acids is 1. The van der Waals surface area contributed by atoms with Crippen LogP contribution in [0.3, 0.4) is 0 Å². The van der Waals surface area contributed by atoms with Gasteiger partial charge in [-0.2, -0.15) is 5.10 Å². The molecule has 22 heavy (non-hydrogen) atoms. The Labute approximate surface area is 126 Å². The highest BCUT2D eigenvalue weighted by Crippen LogP contribution is 2.24. The average molecular weight is 296 g/mol. The molecule has 1 aromatic heterocycles. The Kier molecular flexibility index (Phi) is 3.70. The van der Waals surface area contributed by atoms with Gasteiger partial charge in [0.2, 0.25) is 0 Å². The fraction of sp³-hybridized carbons (Fsp3) is 0.0588. The summed E-state index contributed by atoms with van der Waals surface area (Å²) >= 11 is 0. The molecule has 0 radical (unpaired) electrons. The van der Waals surface area contributed by atoms with E-state index in [0.29, 0.717) is 11.1 Å². The van der Waals surface area contributed by atoms with Crippen molar-refractivity contribution in [3.05, 3.63) is 71.2 Å². The van der Waals surface area contributed by atoms with Crippen LogP contribution in [0.5, 0.6) is 0 Å². The smallest absolute Gasteiger partial charge is 0.307 e. The number of para-hydroxylation sites is 1. The second-order valence-electron chi connectivity index (χ2n) is 4.77. The van der Waals surface area contributed by atoms with Crippen molar-refractivity contribution in [1.29, 1.82) is 0 Å². The number of rotatable bonds is 3.